The maximum absolute atomic E-state index is 13.4. The third-order valence-corrected chi connectivity index (χ3v) is 7.49. The smallest absolute Gasteiger partial charge is 0.271 e. The van der Waals surface area contributed by atoms with Crippen molar-refractivity contribution in [2.24, 2.45) is 0 Å². The molecule has 0 radical (unpaired) electrons. The monoisotopic (exact) mass is 570 g/mol. The minimum atomic E-state index is -4.10. The molecule has 1 atom stereocenters. The molecule has 210 valence electrons. The Bertz CT molecular complexity index is 1600. The number of benzene rings is 1. The second kappa shape index (κ2) is 11.6. The minimum absolute atomic E-state index is 0.0924. The number of methoxy groups -OCH3 is 2. The van der Waals surface area contributed by atoms with Gasteiger partial charge in [0.15, 0.2) is 11.6 Å². The van der Waals surface area contributed by atoms with Crippen molar-refractivity contribution >= 4 is 21.9 Å². The minimum Gasteiger partial charge on any atom is -0.494 e. The van der Waals surface area contributed by atoms with Gasteiger partial charge in [0.2, 0.25) is 16.0 Å². The molecule has 40 heavy (non-hydrogen) atoms. The highest BCUT2D eigenvalue weighted by molar-refractivity contribution is 7.93. The van der Waals surface area contributed by atoms with Crippen LogP contribution in [0.25, 0.3) is 17.2 Å². The topological polar surface area (TPSA) is 154 Å². The van der Waals surface area contributed by atoms with Crippen LogP contribution in [-0.4, -0.2) is 82.5 Å². The molecule has 3 aromatic heterocycles. The lowest BCUT2D eigenvalue weighted by Gasteiger charge is -2.19. The quantitative estimate of drug-likeness (QED) is 0.300. The fourth-order valence-corrected chi connectivity index (χ4v) is 4.68. The lowest BCUT2D eigenvalue weighted by molar-refractivity contribution is 0.0822. The zero-order valence-corrected chi connectivity index (χ0v) is 23.2. The Labute approximate surface area is 230 Å². The molecule has 0 aliphatic rings. The molecule has 0 bridgehead atoms. The summed E-state index contributed by atoms with van der Waals surface area (Å²) in [6, 6.07) is 9.82. The molecule has 0 aliphatic heterocycles. The van der Waals surface area contributed by atoms with Crippen LogP contribution in [0.4, 0.5) is 10.3 Å². The van der Waals surface area contributed by atoms with E-state index in [1.807, 2.05) is 0 Å². The first-order valence-electron chi connectivity index (χ1n) is 11.9. The fourth-order valence-electron chi connectivity index (χ4n) is 3.73. The van der Waals surface area contributed by atoms with Crippen molar-refractivity contribution in [1.29, 1.82) is 0 Å². The SMILES string of the molecule is COc1cccc(OC)c1-n1c(NS(=O)(=O)[C@H](C)Cc2ncc(F)cn2)nnc1-c1cccc(C(=O)N(C)C)n1. The second-order valence-electron chi connectivity index (χ2n) is 8.78. The number of aromatic nitrogens is 6. The molecule has 4 aromatic rings. The Kier molecular flexibility index (Phi) is 8.23. The van der Waals surface area contributed by atoms with E-state index in [-0.39, 0.29) is 41.3 Å². The molecule has 0 saturated heterocycles. The van der Waals surface area contributed by atoms with Crippen molar-refractivity contribution in [3.05, 3.63) is 66.1 Å². The van der Waals surface area contributed by atoms with Crippen LogP contribution in [0.1, 0.15) is 23.2 Å². The molecule has 3 heterocycles. The van der Waals surface area contributed by atoms with Gasteiger partial charge in [0.25, 0.3) is 5.91 Å². The van der Waals surface area contributed by atoms with Gasteiger partial charge in [-0.15, -0.1) is 10.2 Å². The van der Waals surface area contributed by atoms with Crippen LogP contribution in [0, 0.1) is 5.82 Å². The Morgan fingerprint density at radius 2 is 1.68 bits per heavy atom. The van der Waals surface area contributed by atoms with Crippen LogP contribution in [0.5, 0.6) is 11.5 Å². The summed E-state index contributed by atoms with van der Waals surface area (Å²) in [6.45, 7) is 1.46. The highest BCUT2D eigenvalue weighted by Crippen LogP contribution is 2.37. The number of rotatable bonds is 10. The summed E-state index contributed by atoms with van der Waals surface area (Å²) in [5, 5.41) is 7.29. The van der Waals surface area contributed by atoms with Crippen LogP contribution in [0.3, 0.4) is 0 Å². The van der Waals surface area contributed by atoms with Crippen molar-refractivity contribution in [2.45, 2.75) is 18.6 Å². The maximum Gasteiger partial charge on any atom is 0.271 e. The number of nitrogens with zero attached hydrogens (tertiary/aromatic N) is 7. The van der Waals surface area contributed by atoms with E-state index in [1.165, 1.54) is 30.6 Å². The highest BCUT2D eigenvalue weighted by Gasteiger charge is 2.29. The number of ether oxygens (including phenoxy) is 2. The van der Waals surface area contributed by atoms with E-state index < -0.39 is 21.1 Å². The highest BCUT2D eigenvalue weighted by atomic mass is 32.2. The first-order valence-corrected chi connectivity index (χ1v) is 13.4. The predicted octanol–water partition coefficient (Wildman–Crippen LogP) is 2.35. The molecular formula is C25H27FN8O5S. The number of pyridine rings is 1. The number of carbonyl (C=O) groups excluding carboxylic acids is 1. The third kappa shape index (κ3) is 5.83. The van der Waals surface area contributed by atoms with Gasteiger partial charge in [-0.25, -0.2) is 27.8 Å². The van der Waals surface area contributed by atoms with E-state index in [0.29, 0.717) is 17.2 Å². The third-order valence-electron chi connectivity index (χ3n) is 5.80. The Balaban J connectivity index is 1.84. The Morgan fingerprint density at radius 1 is 1.05 bits per heavy atom. The van der Waals surface area contributed by atoms with Crippen LogP contribution in [-0.2, 0) is 16.4 Å². The second-order valence-corrected chi connectivity index (χ2v) is 10.9. The van der Waals surface area contributed by atoms with Crippen molar-refractivity contribution in [2.75, 3.05) is 33.0 Å². The maximum atomic E-state index is 13.4. The zero-order valence-electron chi connectivity index (χ0n) is 22.4. The number of para-hydroxylation sites is 1. The normalized spacial score (nSPS) is 12.1. The number of sulfonamides is 1. The number of amides is 1. The van der Waals surface area contributed by atoms with Gasteiger partial charge in [0, 0.05) is 20.5 Å². The molecule has 13 nitrogen and oxygen atoms in total. The average molecular weight is 571 g/mol. The van der Waals surface area contributed by atoms with Gasteiger partial charge in [-0.05, 0) is 31.2 Å². The van der Waals surface area contributed by atoms with E-state index >= 15 is 0 Å². The molecule has 0 fully saturated rings. The molecular weight excluding hydrogens is 543 g/mol. The van der Waals surface area contributed by atoms with Crippen LogP contribution in [0.2, 0.25) is 0 Å². The zero-order chi connectivity index (χ0) is 29.0. The summed E-state index contributed by atoms with van der Waals surface area (Å²) in [5.74, 6) is -0.226. The Morgan fingerprint density at radius 3 is 2.27 bits per heavy atom. The van der Waals surface area contributed by atoms with Gasteiger partial charge in [-0.2, -0.15) is 0 Å². The number of carbonyl (C=O) groups is 1. The number of nitrogens with one attached hydrogen (secondary N) is 1. The van der Waals surface area contributed by atoms with Crippen LogP contribution < -0.4 is 14.2 Å². The summed E-state index contributed by atoms with van der Waals surface area (Å²) in [4.78, 5) is 26.1. The average Bonchev–Trinajstić information content (AvgIpc) is 3.35. The standard InChI is InChI=1S/C25H27FN8O5S/c1-15(12-21-27-13-16(26)14-28-21)40(36,37)32-25-31-30-23(17-8-6-9-18(29-17)24(35)33(2)3)34(25)22-19(38-4)10-7-11-20(22)39-5/h6-11,13-15H,12H2,1-5H3,(H,31,32)/t15-/m1/s1. The van der Waals surface area contributed by atoms with Crippen molar-refractivity contribution in [1.82, 2.24) is 34.6 Å². The van der Waals surface area contributed by atoms with E-state index in [4.69, 9.17) is 9.47 Å². The van der Waals surface area contributed by atoms with Gasteiger partial charge in [-0.1, -0.05) is 12.1 Å². The van der Waals surface area contributed by atoms with Crippen molar-refractivity contribution in [3.63, 3.8) is 0 Å². The molecule has 0 unspecified atom stereocenters. The van der Waals surface area contributed by atoms with Gasteiger partial charge < -0.3 is 14.4 Å². The Hall–Kier alpha value is -4.66. The summed E-state index contributed by atoms with van der Waals surface area (Å²) < 4.78 is 54.9. The summed E-state index contributed by atoms with van der Waals surface area (Å²) >= 11 is 0. The van der Waals surface area contributed by atoms with Crippen LogP contribution >= 0.6 is 0 Å². The molecule has 1 amide bonds. The van der Waals surface area contributed by atoms with Crippen molar-refractivity contribution < 1.29 is 27.1 Å². The predicted molar refractivity (Wildman–Crippen MR) is 143 cm³/mol. The number of anilines is 1. The van der Waals surface area contributed by atoms with E-state index in [9.17, 15) is 17.6 Å². The molecule has 1 aromatic carbocycles. The molecule has 1 N–H and O–H groups in total. The number of hydrogen-bond donors (Lipinski definition) is 1. The summed E-state index contributed by atoms with van der Waals surface area (Å²) in [5.41, 5.74) is 0.691. The lowest BCUT2D eigenvalue weighted by atomic mass is 10.2. The lowest BCUT2D eigenvalue weighted by Crippen LogP contribution is -2.29. The van der Waals surface area contributed by atoms with Crippen molar-refractivity contribution in [3.8, 4) is 28.7 Å². The first-order chi connectivity index (χ1) is 19.1. The molecule has 0 aliphatic carbocycles. The van der Waals surface area contributed by atoms with Crippen LogP contribution in [0.15, 0.2) is 48.8 Å². The fraction of sp³-hybridized carbons (Fsp3) is 0.280. The van der Waals surface area contributed by atoms with Gasteiger partial charge in [-0.3, -0.25) is 14.1 Å². The van der Waals surface area contributed by atoms with E-state index in [2.05, 4.69) is 29.9 Å². The van der Waals surface area contributed by atoms with Gasteiger partial charge in [0.05, 0.1) is 31.9 Å². The molecule has 0 spiro atoms. The summed E-state index contributed by atoms with van der Waals surface area (Å²) in [7, 11) is 2.00. The molecule has 15 heteroatoms. The number of hydrogen-bond acceptors (Lipinski definition) is 10. The van der Waals surface area contributed by atoms with Gasteiger partial charge in [0.1, 0.15) is 34.4 Å². The van der Waals surface area contributed by atoms with E-state index in [0.717, 1.165) is 12.4 Å². The number of halogens is 1. The summed E-state index contributed by atoms with van der Waals surface area (Å²) in [6.07, 6.45) is 1.84. The van der Waals surface area contributed by atoms with E-state index in [1.54, 1.807) is 50.5 Å². The van der Waals surface area contributed by atoms with Gasteiger partial charge >= 0.3 is 0 Å². The largest absolute Gasteiger partial charge is 0.494 e. The molecule has 0 saturated carbocycles. The first kappa shape index (κ1) is 28.4. The molecule has 4 rings (SSSR count).